The Morgan fingerprint density at radius 2 is 1.28 bits per heavy atom. The van der Waals surface area contributed by atoms with Crippen molar-refractivity contribution in [2.75, 3.05) is 0 Å². The van der Waals surface area contributed by atoms with Crippen molar-refractivity contribution in [1.29, 1.82) is 0 Å². The van der Waals surface area contributed by atoms with Gasteiger partial charge >= 0.3 is 7.12 Å². The summed E-state index contributed by atoms with van der Waals surface area (Å²) < 4.78 is 11.9. The Labute approximate surface area is 165 Å². The molecule has 1 aliphatic rings. The molecule has 1 unspecified atom stereocenters. The summed E-state index contributed by atoms with van der Waals surface area (Å²) in [6.45, 7) is 12.9. The second-order valence-corrected chi connectivity index (χ2v) is 10.5. The molecule has 0 amide bonds. The Morgan fingerprint density at radius 1 is 0.800 bits per heavy atom. The molecule has 1 heterocycles. The zero-order valence-electron chi connectivity index (χ0n) is 15.9. The Hall–Kier alpha value is -0.845. The molecule has 1 fully saturated rings. The second-order valence-electron chi connectivity index (χ2n) is 8.44. The first-order valence-corrected chi connectivity index (χ1v) is 9.83. The van der Waals surface area contributed by atoms with Crippen LogP contribution in [0.5, 0.6) is 0 Å². The van der Waals surface area contributed by atoms with Crippen LogP contribution in [0.1, 0.15) is 47.1 Å². The molecule has 2 aromatic carbocycles. The van der Waals surface area contributed by atoms with E-state index in [0.717, 1.165) is 5.46 Å². The Morgan fingerprint density at radius 3 is 1.68 bits per heavy atom. The molecule has 0 bridgehead atoms. The topological polar surface area (TPSA) is 18.5 Å². The maximum Gasteiger partial charge on any atom is 0.495 e. The van der Waals surface area contributed by atoms with Gasteiger partial charge in [0, 0.05) is 0 Å². The third kappa shape index (κ3) is 3.81. The highest BCUT2D eigenvalue weighted by Gasteiger charge is 2.53. The average molecular weight is 448 g/mol. The predicted molar refractivity (Wildman–Crippen MR) is 115 cm³/mol. The van der Waals surface area contributed by atoms with Crippen LogP contribution < -0.4 is 5.46 Å². The number of benzene rings is 2. The molecule has 0 radical (unpaired) electrons. The third-order valence-electron chi connectivity index (χ3n) is 5.07. The van der Waals surface area contributed by atoms with E-state index in [1.54, 1.807) is 0 Å². The quantitative estimate of drug-likeness (QED) is 0.352. The van der Waals surface area contributed by atoms with Gasteiger partial charge in [-0.05, 0) is 70.9 Å². The zero-order valence-corrected chi connectivity index (χ0v) is 18.0. The van der Waals surface area contributed by atoms with E-state index in [1.807, 2.05) is 0 Å². The van der Waals surface area contributed by atoms with E-state index in [2.05, 4.69) is 113 Å². The van der Waals surface area contributed by atoms with Crippen molar-refractivity contribution in [1.82, 2.24) is 0 Å². The molecule has 2 nitrogen and oxygen atoms in total. The second kappa shape index (κ2) is 6.40. The fourth-order valence-corrected chi connectivity index (χ4v) is 3.23. The lowest BCUT2D eigenvalue weighted by molar-refractivity contribution is 0.0726. The van der Waals surface area contributed by atoms with Gasteiger partial charge < -0.3 is 9.31 Å². The van der Waals surface area contributed by atoms with Gasteiger partial charge in [-0.3, -0.25) is 0 Å². The van der Waals surface area contributed by atoms with E-state index in [4.69, 9.17) is 9.31 Å². The third-order valence-corrected chi connectivity index (χ3v) is 6.63. The minimum Gasteiger partial charge on any atom is -0.398 e. The van der Waals surface area contributed by atoms with Crippen LogP contribution in [-0.2, 0) is 14.7 Å². The van der Waals surface area contributed by atoms with E-state index >= 15 is 0 Å². The Bertz CT molecular complexity index is 727. The summed E-state index contributed by atoms with van der Waals surface area (Å²) in [5, 5.41) is 0. The monoisotopic (exact) mass is 448 g/mol. The average Bonchev–Trinajstić information content (AvgIpc) is 2.75. The van der Waals surface area contributed by atoms with Crippen molar-refractivity contribution in [3.05, 3.63) is 54.1 Å². The van der Waals surface area contributed by atoms with Crippen LogP contribution in [0.2, 0.25) is 0 Å². The number of halogens is 1. The van der Waals surface area contributed by atoms with Gasteiger partial charge in [0.05, 0.1) is 5.60 Å². The summed E-state index contributed by atoms with van der Waals surface area (Å²) in [5.74, 6) is 0. The highest BCUT2D eigenvalue weighted by atomic mass is 127. The predicted octanol–water partition coefficient (Wildman–Crippen LogP) is 5.32. The standard InChI is InChI=1S/C21H26BIO2/c1-19(2,3)17-11-7-15(8-12-17)16-9-13-18(14-10-16)22-24-20(4,5)21(6,23)25-22/h7-14H,1-6H3. The van der Waals surface area contributed by atoms with Crippen LogP contribution >= 0.6 is 22.6 Å². The fourth-order valence-electron chi connectivity index (χ4n) is 2.87. The molecule has 1 atom stereocenters. The molecule has 0 spiro atoms. The SMILES string of the molecule is CC(C)(C)c1ccc(-c2ccc(B3OC(C)(C)C(C)(I)O3)cc2)cc1. The van der Waals surface area contributed by atoms with E-state index < -0.39 is 0 Å². The molecule has 132 valence electrons. The molecule has 0 aliphatic carbocycles. The number of rotatable bonds is 2. The van der Waals surface area contributed by atoms with Gasteiger partial charge in [-0.1, -0.05) is 69.3 Å². The minimum atomic E-state index is -0.336. The highest BCUT2D eigenvalue weighted by Crippen LogP contribution is 2.42. The van der Waals surface area contributed by atoms with Gasteiger partial charge in [0.2, 0.25) is 0 Å². The molecular formula is C21H26BIO2. The van der Waals surface area contributed by atoms with Gasteiger partial charge in [0.1, 0.15) is 3.61 Å². The first-order chi connectivity index (χ1) is 11.5. The summed E-state index contributed by atoms with van der Waals surface area (Å²) >= 11 is 2.33. The van der Waals surface area contributed by atoms with Crippen LogP contribution in [0.3, 0.4) is 0 Å². The lowest BCUT2D eigenvalue weighted by Gasteiger charge is -2.30. The van der Waals surface area contributed by atoms with E-state index in [-0.39, 0.29) is 21.7 Å². The molecule has 4 heteroatoms. The molecule has 3 rings (SSSR count). The number of hydrogen-bond acceptors (Lipinski definition) is 2. The fraction of sp³-hybridized carbons (Fsp3) is 0.429. The largest absolute Gasteiger partial charge is 0.495 e. The van der Waals surface area contributed by atoms with E-state index in [9.17, 15) is 0 Å². The van der Waals surface area contributed by atoms with E-state index in [1.165, 1.54) is 16.7 Å². The zero-order chi connectivity index (χ0) is 18.5. The molecule has 1 saturated heterocycles. The van der Waals surface area contributed by atoms with Crippen LogP contribution in [0.15, 0.2) is 48.5 Å². The molecule has 1 aliphatic heterocycles. The molecule has 2 aromatic rings. The maximum atomic E-state index is 6.12. The van der Waals surface area contributed by atoms with Crippen molar-refractivity contribution in [2.24, 2.45) is 0 Å². The van der Waals surface area contributed by atoms with Crippen molar-refractivity contribution in [3.8, 4) is 11.1 Å². The van der Waals surface area contributed by atoms with Gasteiger partial charge in [-0.25, -0.2) is 0 Å². The molecule has 0 aromatic heterocycles. The van der Waals surface area contributed by atoms with Gasteiger partial charge in [-0.15, -0.1) is 0 Å². The van der Waals surface area contributed by atoms with Crippen molar-refractivity contribution < 1.29 is 9.31 Å². The van der Waals surface area contributed by atoms with Crippen molar-refractivity contribution >= 4 is 35.2 Å². The molecular weight excluding hydrogens is 422 g/mol. The Kier molecular flexibility index (Phi) is 4.84. The van der Waals surface area contributed by atoms with E-state index in [0.29, 0.717) is 0 Å². The first-order valence-electron chi connectivity index (χ1n) is 8.75. The highest BCUT2D eigenvalue weighted by molar-refractivity contribution is 14.1. The summed E-state index contributed by atoms with van der Waals surface area (Å²) in [5.41, 5.74) is 4.70. The number of alkyl halides is 1. The lowest BCUT2D eigenvalue weighted by Crippen LogP contribution is -2.38. The summed E-state index contributed by atoms with van der Waals surface area (Å²) in [6.07, 6.45) is 0. The molecule has 0 saturated carbocycles. The summed E-state index contributed by atoms with van der Waals surface area (Å²) in [4.78, 5) is 0. The summed E-state index contributed by atoms with van der Waals surface area (Å²) in [6, 6.07) is 17.3. The van der Waals surface area contributed by atoms with Gasteiger partial charge in [0.25, 0.3) is 0 Å². The molecule has 0 N–H and O–H groups in total. The molecule has 25 heavy (non-hydrogen) atoms. The first kappa shape index (κ1) is 18.9. The maximum absolute atomic E-state index is 6.12. The minimum absolute atomic E-state index is 0.179. The number of hydrogen-bond donors (Lipinski definition) is 0. The lowest BCUT2D eigenvalue weighted by atomic mass is 9.78. The van der Waals surface area contributed by atoms with Crippen molar-refractivity contribution in [2.45, 2.75) is 56.2 Å². The van der Waals surface area contributed by atoms with Crippen LogP contribution in [0.4, 0.5) is 0 Å². The normalized spacial score (nSPS) is 23.1. The van der Waals surface area contributed by atoms with Crippen LogP contribution in [-0.4, -0.2) is 16.3 Å². The van der Waals surface area contributed by atoms with Gasteiger partial charge in [-0.2, -0.15) is 0 Å². The summed E-state index contributed by atoms with van der Waals surface area (Å²) in [7, 11) is -0.311. The van der Waals surface area contributed by atoms with Crippen molar-refractivity contribution in [3.63, 3.8) is 0 Å². The van der Waals surface area contributed by atoms with Gasteiger partial charge in [0.15, 0.2) is 0 Å². The van der Waals surface area contributed by atoms with Crippen LogP contribution in [0, 0.1) is 0 Å². The smallest absolute Gasteiger partial charge is 0.398 e. The Balaban J connectivity index is 1.79. The van der Waals surface area contributed by atoms with Crippen LogP contribution in [0.25, 0.3) is 11.1 Å².